The summed E-state index contributed by atoms with van der Waals surface area (Å²) in [5.74, 6) is -1.71. The van der Waals surface area contributed by atoms with Crippen molar-refractivity contribution in [3.63, 3.8) is 0 Å². The van der Waals surface area contributed by atoms with Crippen LogP contribution in [0.5, 0.6) is 5.75 Å². The van der Waals surface area contributed by atoms with Gasteiger partial charge in [-0.1, -0.05) is 0 Å². The number of halogens is 8. The van der Waals surface area contributed by atoms with Crippen molar-refractivity contribution in [1.29, 1.82) is 0 Å². The molecule has 2 rings (SSSR count). The van der Waals surface area contributed by atoms with Gasteiger partial charge < -0.3 is 10.1 Å². The summed E-state index contributed by atoms with van der Waals surface area (Å²) >= 11 is 0. The van der Waals surface area contributed by atoms with Crippen molar-refractivity contribution in [3.8, 4) is 5.75 Å². The molecular formula is C13H16Cl2F6N2O. The van der Waals surface area contributed by atoms with Crippen molar-refractivity contribution in [2.45, 2.75) is 18.8 Å². The Balaban J connectivity index is 0.00000264. The third-order valence-corrected chi connectivity index (χ3v) is 3.30. The first-order valence-electron chi connectivity index (χ1n) is 6.56. The molecule has 1 N–H and O–H groups in total. The molecule has 3 nitrogen and oxygen atoms in total. The van der Waals surface area contributed by atoms with Crippen molar-refractivity contribution in [3.05, 3.63) is 29.6 Å². The Morgan fingerprint density at radius 2 is 1.67 bits per heavy atom. The predicted molar refractivity (Wildman–Crippen MR) is 80.8 cm³/mol. The second-order valence-electron chi connectivity index (χ2n) is 4.80. The van der Waals surface area contributed by atoms with Gasteiger partial charge in [-0.2, -0.15) is 0 Å². The van der Waals surface area contributed by atoms with Gasteiger partial charge in [0.2, 0.25) is 0 Å². The van der Waals surface area contributed by atoms with E-state index in [9.17, 15) is 26.3 Å². The molecule has 0 spiro atoms. The summed E-state index contributed by atoms with van der Waals surface area (Å²) in [4.78, 5) is 1.34. The molecular weight excluding hydrogens is 385 g/mol. The summed E-state index contributed by atoms with van der Waals surface area (Å²) < 4.78 is 80.8. The van der Waals surface area contributed by atoms with Gasteiger partial charge in [0, 0.05) is 31.7 Å². The minimum absolute atomic E-state index is 0. The summed E-state index contributed by atoms with van der Waals surface area (Å²) in [6.07, 6.45) is -7.90. The number of piperazine rings is 1. The zero-order valence-electron chi connectivity index (χ0n) is 12.2. The van der Waals surface area contributed by atoms with Gasteiger partial charge in [-0.05, 0) is 18.2 Å². The molecule has 0 radical (unpaired) electrons. The lowest BCUT2D eigenvalue weighted by Gasteiger charge is -2.34. The SMILES string of the molecule is Cl.Cl.Fc1ccc(OC(F)(F)F)cc1[C@@H](C(F)F)N1CCNCC1. The van der Waals surface area contributed by atoms with Crippen molar-refractivity contribution in [2.24, 2.45) is 0 Å². The van der Waals surface area contributed by atoms with Crippen molar-refractivity contribution >= 4 is 24.8 Å². The topological polar surface area (TPSA) is 24.5 Å². The number of rotatable bonds is 4. The first-order chi connectivity index (χ1) is 10.3. The molecule has 1 saturated heterocycles. The third kappa shape index (κ3) is 6.19. The summed E-state index contributed by atoms with van der Waals surface area (Å²) in [6, 6.07) is 0.529. The lowest BCUT2D eigenvalue weighted by Crippen LogP contribution is -2.47. The fourth-order valence-electron chi connectivity index (χ4n) is 2.40. The largest absolute Gasteiger partial charge is 0.573 e. The van der Waals surface area contributed by atoms with E-state index in [4.69, 9.17) is 0 Å². The van der Waals surface area contributed by atoms with Gasteiger partial charge in [-0.25, -0.2) is 13.2 Å². The number of benzene rings is 1. The van der Waals surface area contributed by atoms with Gasteiger partial charge >= 0.3 is 6.36 Å². The second-order valence-corrected chi connectivity index (χ2v) is 4.80. The highest BCUT2D eigenvalue weighted by molar-refractivity contribution is 5.85. The zero-order chi connectivity index (χ0) is 16.3. The van der Waals surface area contributed by atoms with Crippen LogP contribution in [0.1, 0.15) is 11.6 Å². The van der Waals surface area contributed by atoms with Gasteiger partial charge in [-0.3, -0.25) is 4.90 Å². The number of ether oxygens (including phenoxy) is 1. The molecule has 0 unspecified atom stereocenters. The maximum Gasteiger partial charge on any atom is 0.573 e. The molecule has 11 heteroatoms. The van der Waals surface area contributed by atoms with Crippen molar-refractivity contribution in [1.82, 2.24) is 10.2 Å². The minimum Gasteiger partial charge on any atom is -0.406 e. The Bertz CT molecular complexity index is 512. The van der Waals surface area contributed by atoms with Crippen LogP contribution >= 0.6 is 24.8 Å². The van der Waals surface area contributed by atoms with E-state index in [0.29, 0.717) is 25.2 Å². The van der Waals surface area contributed by atoms with E-state index in [1.807, 2.05) is 0 Å². The first-order valence-corrected chi connectivity index (χ1v) is 6.56. The molecule has 1 heterocycles. The monoisotopic (exact) mass is 400 g/mol. The fraction of sp³-hybridized carbons (Fsp3) is 0.538. The van der Waals surface area contributed by atoms with E-state index in [1.54, 1.807) is 0 Å². The Hall–Kier alpha value is -0.900. The molecule has 1 aromatic rings. The van der Waals surface area contributed by atoms with Crippen LogP contribution in [-0.2, 0) is 0 Å². The van der Waals surface area contributed by atoms with E-state index in [1.165, 1.54) is 4.90 Å². The lowest BCUT2D eigenvalue weighted by atomic mass is 10.0. The van der Waals surface area contributed by atoms with Gasteiger partial charge in [0.15, 0.2) is 0 Å². The van der Waals surface area contributed by atoms with Gasteiger partial charge in [0.25, 0.3) is 6.43 Å². The number of nitrogens with one attached hydrogen (secondary N) is 1. The molecule has 0 aromatic heterocycles. The second kappa shape index (κ2) is 9.55. The Morgan fingerprint density at radius 1 is 1.08 bits per heavy atom. The van der Waals surface area contributed by atoms with Gasteiger partial charge in [0.05, 0.1) is 6.04 Å². The molecule has 1 fully saturated rings. The number of hydrogen-bond donors (Lipinski definition) is 1. The first kappa shape index (κ1) is 23.1. The molecule has 0 amide bonds. The van der Waals surface area contributed by atoms with Crippen LogP contribution in [0.15, 0.2) is 18.2 Å². The van der Waals surface area contributed by atoms with E-state index in [-0.39, 0.29) is 37.9 Å². The van der Waals surface area contributed by atoms with E-state index >= 15 is 0 Å². The van der Waals surface area contributed by atoms with Gasteiger partial charge in [0.1, 0.15) is 11.6 Å². The standard InChI is InChI=1S/C13H14F6N2O.2ClH/c14-10-2-1-8(22-13(17,18)19)7-9(10)11(12(15)16)21-5-3-20-4-6-21;;/h1-2,7,11-12,20H,3-6H2;2*1H/t11-;;/m0../s1. The fourth-order valence-corrected chi connectivity index (χ4v) is 2.40. The van der Waals surface area contributed by atoms with Crippen LogP contribution in [0.3, 0.4) is 0 Å². The third-order valence-electron chi connectivity index (χ3n) is 3.30. The highest BCUT2D eigenvalue weighted by Gasteiger charge is 2.35. The van der Waals surface area contributed by atoms with Crippen LogP contribution in [0, 0.1) is 5.82 Å². The quantitative estimate of drug-likeness (QED) is 0.778. The van der Waals surface area contributed by atoms with Crippen LogP contribution in [-0.4, -0.2) is 43.9 Å². The highest BCUT2D eigenvalue weighted by atomic mass is 35.5. The Kier molecular flexibility index (Phi) is 9.19. The zero-order valence-corrected chi connectivity index (χ0v) is 13.8. The molecule has 1 aliphatic heterocycles. The Morgan fingerprint density at radius 3 is 2.17 bits per heavy atom. The van der Waals surface area contributed by atoms with Crippen LogP contribution < -0.4 is 10.1 Å². The van der Waals surface area contributed by atoms with E-state index in [0.717, 1.165) is 6.07 Å². The van der Waals surface area contributed by atoms with Crippen molar-refractivity contribution < 1.29 is 31.1 Å². The van der Waals surface area contributed by atoms with E-state index < -0.39 is 36.0 Å². The molecule has 0 saturated carbocycles. The summed E-state index contributed by atoms with van der Waals surface area (Å²) in [7, 11) is 0. The number of nitrogens with zero attached hydrogens (tertiary/aromatic N) is 1. The molecule has 140 valence electrons. The van der Waals surface area contributed by atoms with Crippen LogP contribution in [0.4, 0.5) is 26.3 Å². The molecule has 1 aromatic carbocycles. The maximum atomic E-state index is 13.9. The van der Waals surface area contributed by atoms with Gasteiger partial charge in [-0.15, -0.1) is 38.0 Å². The summed E-state index contributed by atoms with van der Waals surface area (Å²) in [5, 5.41) is 2.96. The normalized spacial score (nSPS) is 17.0. The summed E-state index contributed by atoms with van der Waals surface area (Å²) in [6.45, 7) is 1.39. The van der Waals surface area contributed by atoms with Crippen LogP contribution in [0.25, 0.3) is 0 Å². The average molecular weight is 401 g/mol. The molecule has 0 bridgehead atoms. The maximum absolute atomic E-state index is 13.9. The van der Waals surface area contributed by atoms with Crippen molar-refractivity contribution in [2.75, 3.05) is 26.2 Å². The smallest absolute Gasteiger partial charge is 0.406 e. The highest BCUT2D eigenvalue weighted by Crippen LogP contribution is 2.33. The summed E-state index contributed by atoms with van der Waals surface area (Å²) in [5.41, 5.74) is -0.501. The molecule has 1 aliphatic rings. The molecule has 24 heavy (non-hydrogen) atoms. The van der Waals surface area contributed by atoms with Crippen LogP contribution in [0.2, 0.25) is 0 Å². The predicted octanol–water partition coefficient (Wildman–Crippen LogP) is 3.78. The Labute approximate surface area is 147 Å². The minimum atomic E-state index is -4.97. The lowest BCUT2D eigenvalue weighted by molar-refractivity contribution is -0.274. The number of hydrogen-bond acceptors (Lipinski definition) is 3. The molecule has 1 atom stereocenters. The van der Waals surface area contributed by atoms with E-state index in [2.05, 4.69) is 10.1 Å². The number of alkyl halides is 5. The average Bonchev–Trinajstić information content (AvgIpc) is 2.42. The molecule has 0 aliphatic carbocycles.